The Bertz CT molecular complexity index is 277. The van der Waals surface area contributed by atoms with Gasteiger partial charge in [-0.25, -0.2) is 9.59 Å². The first-order chi connectivity index (χ1) is 8.23. The Hall–Kier alpha value is 0.860. The number of ether oxygens (including phenoxy) is 3. The SMILES string of the molecule is O=C(O)OC(Cl)Cl.O=C(OC(Cl)(Cl)Cl)OC(Cl)(Cl)Cl. The molecule has 0 fully saturated rings. The number of rotatable bonds is 1. The van der Waals surface area contributed by atoms with Crippen LogP contribution in [0.5, 0.6) is 0 Å². The fraction of sp³-hybridized carbons (Fsp3) is 0.600. The van der Waals surface area contributed by atoms with E-state index in [1.165, 1.54) is 0 Å². The smallest absolute Gasteiger partial charge is 0.450 e. The molecule has 0 saturated carbocycles. The van der Waals surface area contributed by atoms with E-state index in [-0.39, 0.29) is 0 Å². The van der Waals surface area contributed by atoms with Crippen molar-refractivity contribution in [2.24, 2.45) is 0 Å². The van der Waals surface area contributed by atoms with Crippen molar-refractivity contribution in [3.8, 4) is 0 Å². The van der Waals surface area contributed by atoms with Crippen LogP contribution >= 0.6 is 92.8 Å². The zero-order valence-corrected chi connectivity index (χ0v) is 14.1. The third-order valence-corrected chi connectivity index (χ3v) is 1.23. The van der Waals surface area contributed by atoms with Gasteiger partial charge in [-0.2, -0.15) is 0 Å². The minimum Gasteiger partial charge on any atom is -0.450 e. The Labute approximate surface area is 146 Å². The molecule has 19 heavy (non-hydrogen) atoms. The maximum absolute atomic E-state index is 10.5. The summed E-state index contributed by atoms with van der Waals surface area (Å²) in [4.78, 5) is 19.9. The molecule has 0 aliphatic rings. The molecule has 0 aliphatic carbocycles. The highest BCUT2D eigenvalue weighted by atomic mass is 35.6. The van der Waals surface area contributed by atoms with Gasteiger partial charge in [0.1, 0.15) is 0 Å². The van der Waals surface area contributed by atoms with Crippen LogP contribution in [0.1, 0.15) is 0 Å². The summed E-state index contributed by atoms with van der Waals surface area (Å²) >= 11 is 39.9. The van der Waals surface area contributed by atoms with Gasteiger partial charge >= 0.3 is 20.3 Å². The Balaban J connectivity index is 0. The van der Waals surface area contributed by atoms with Gasteiger partial charge in [-0.05, 0) is 69.6 Å². The molecule has 0 rings (SSSR count). The van der Waals surface area contributed by atoms with Gasteiger partial charge in [0.05, 0.1) is 0 Å². The van der Waals surface area contributed by atoms with Gasteiger partial charge in [-0.3, -0.25) is 0 Å². The number of halogens is 8. The number of hydrogen-bond acceptors (Lipinski definition) is 5. The second-order valence-corrected chi connectivity index (χ2v) is 7.36. The van der Waals surface area contributed by atoms with Crippen molar-refractivity contribution in [3.63, 3.8) is 0 Å². The van der Waals surface area contributed by atoms with E-state index in [1.54, 1.807) is 0 Å². The minimum atomic E-state index is -2.24. The monoisotopic (exact) mass is 438 g/mol. The molecule has 0 bridgehead atoms. The van der Waals surface area contributed by atoms with Gasteiger partial charge in [-0.15, -0.1) is 0 Å². The van der Waals surface area contributed by atoms with Crippen molar-refractivity contribution in [3.05, 3.63) is 0 Å². The molecule has 0 aromatic heterocycles. The highest BCUT2D eigenvalue weighted by molar-refractivity contribution is 6.67. The number of carbonyl (C=O) groups is 2. The van der Waals surface area contributed by atoms with Gasteiger partial charge in [0.2, 0.25) is 0 Å². The van der Waals surface area contributed by atoms with Crippen molar-refractivity contribution < 1.29 is 28.9 Å². The maximum atomic E-state index is 10.5. The lowest BCUT2D eigenvalue weighted by Gasteiger charge is -2.15. The van der Waals surface area contributed by atoms with E-state index in [0.717, 1.165) is 0 Å². The van der Waals surface area contributed by atoms with E-state index < -0.39 is 25.3 Å². The molecule has 0 saturated heterocycles. The molecule has 0 radical (unpaired) electrons. The Morgan fingerprint density at radius 2 is 1.21 bits per heavy atom. The number of alkyl halides is 8. The van der Waals surface area contributed by atoms with Crippen molar-refractivity contribution in [1.29, 1.82) is 0 Å². The summed E-state index contributed by atoms with van der Waals surface area (Å²) in [7, 11) is 0. The molecule has 0 aliphatic heterocycles. The maximum Gasteiger partial charge on any atom is 0.515 e. The number of carboxylic acid groups (broad SMARTS) is 1. The molecule has 0 atom stereocenters. The zero-order chi connectivity index (χ0) is 15.9. The first-order valence-electron chi connectivity index (χ1n) is 3.46. The summed E-state index contributed by atoms with van der Waals surface area (Å²) in [6.07, 6.45) is -2.88. The fourth-order valence-electron chi connectivity index (χ4n) is 0.286. The molecule has 1 N–H and O–H groups in total. The molecule has 14 heteroatoms. The molecular weight excluding hydrogens is 440 g/mol. The van der Waals surface area contributed by atoms with E-state index in [4.69, 9.17) is 97.9 Å². The minimum absolute atomic E-state index is 1.28. The zero-order valence-electron chi connectivity index (χ0n) is 8.09. The average Bonchev–Trinajstić information content (AvgIpc) is 1.91. The second kappa shape index (κ2) is 9.73. The molecule has 0 heterocycles. The van der Waals surface area contributed by atoms with E-state index in [1.807, 2.05) is 0 Å². The highest BCUT2D eigenvalue weighted by Gasteiger charge is 2.32. The Kier molecular flexibility index (Phi) is 11.3. The molecule has 0 spiro atoms. The van der Waals surface area contributed by atoms with Gasteiger partial charge < -0.3 is 19.3 Å². The summed E-state index contributed by atoms with van der Waals surface area (Å²) < 4.78 is 7.20. The molecule has 0 aromatic rings. The number of hydrogen-bond donors (Lipinski definition) is 1. The molecule has 114 valence electrons. The first-order valence-corrected chi connectivity index (χ1v) is 6.60. The van der Waals surface area contributed by atoms with Crippen LogP contribution in [0.25, 0.3) is 0 Å². The summed E-state index contributed by atoms with van der Waals surface area (Å²) in [5.74, 6) is 0. The van der Waals surface area contributed by atoms with Crippen LogP contribution in [-0.2, 0) is 14.2 Å². The third kappa shape index (κ3) is 24.3. The predicted octanol–water partition coefficient (Wildman–Crippen LogP) is 5.24. The quantitative estimate of drug-likeness (QED) is 0.443. The lowest BCUT2D eigenvalue weighted by atomic mass is 11.3. The Morgan fingerprint density at radius 1 is 0.895 bits per heavy atom. The van der Waals surface area contributed by atoms with Crippen LogP contribution < -0.4 is 0 Å². The lowest BCUT2D eigenvalue weighted by Crippen LogP contribution is -2.22. The van der Waals surface area contributed by atoms with Crippen LogP contribution in [0.15, 0.2) is 0 Å². The Morgan fingerprint density at radius 3 is 1.32 bits per heavy atom. The summed E-state index contributed by atoms with van der Waals surface area (Å²) in [5, 5.41) is 6.41. The summed E-state index contributed by atoms with van der Waals surface area (Å²) in [6.45, 7) is 0. The van der Waals surface area contributed by atoms with Crippen molar-refractivity contribution >= 4 is 105 Å². The fourth-order valence-corrected chi connectivity index (χ4v) is 0.816. The van der Waals surface area contributed by atoms with E-state index in [9.17, 15) is 9.59 Å². The van der Waals surface area contributed by atoms with Gasteiger partial charge in [0.15, 0.2) is 0 Å². The topological polar surface area (TPSA) is 82.1 Å². The van der Waals surface area contributed by atoms with Crippen molar-refractivity contribution in [1.82, 2.24) is 0 Å². The average molecular weight is 442 g/mol. The molecular formula is C5H2Cl8O6. The van der Waals surface area contributed by atoms with Gasteiger partial charge in [0, 0.05) is 0 Å². The lowest BCUT2D eigenvalue weighted by molar-refractivity contribution is 0.0508. The normalized spacial score (nSPS) is 11.2. The van der Waals surface area contributed by atoms with E-state index in [0.29, 0.717) is 0 Å². The largest absolute Gasteiger partial charge is 0.515 e. The standard InChI is InChI=1S/C3Cl6O3.C2H2Cl2O3/c4-2(5,6)11-1(10)12-3(7,8)9;3-1(4)7-2(5)6/h;1H,(H,5,6). The van der Waals surface area contributed by atoms with Crippen molar-refractivity contribution in [2.45, 2.75) is 13.0 Å². The summed E-state index contributed by atoms with van der Waals surface area (Å²) in [6, 6.07) is 0. The van der Waals surface area contributed by atoms with Crippen LogP contribution in [0.2, 0.25) is 0 Å². The number of carbonyl (C=O) groups excluding carboxylic acids is 1. The van der Waals surface area contributed by atoms with Crippen molar-refractivity contribution in [2.75, 3.05) is 0 Å². The van der Waals surface area contributed by atoms with Gasteiger partial charge in [0.25, 0.3) is 5.02 Å². The van der Waals surface area contributed by atoms with Crippen LogP contribution in [0, 0.1) is 0 Å². The first kappa shape index (κ1) is 22.1. The van der Waals surface area contributed by atoms with E-state index in [2.05, 4.69) is 14.2 Å². The predicted molar refractivity (Wildman–Crippen MR) is 72.7 cm³/mol. The second-order valence-electron chi connectivity index (χ2n) is 1.99. The van der Waals surface area contributed by atoms with Gasteiger partial charge in [-0.1, -0.05) is 23.2 Å². The molecule has 0 unspecified atom stereocenters. The van der Waals surface area contributed by atoms with Crippen LogP contribution in [0.3, 0.4) is 0 Å². The molecule has 0 aromatic carbocycles. The van der Waals surface area contributed by atoms with Crippen LogP contribution in [0.4, 0.5) is 9.59 Å². The van der Waals surface area contributed by atoms with E-state index >= 15 is 0 Å². The van der Waals surface area contributed by atoms with Crippen LogP contribution in [-0.4, -0.2) is 30.4 Å². The highest BCUT2D eigenvalue weighted by Crippen LogP contribution is 2.32. The third-order valence-electron chi connectivity index (χ3n) is 0.588. The summed E-state index contributed by atoms with van der Waals surface area (Å²) in [5.41, 5.74) is 0. The molecule has 0 amide bonds. The molecule has 6 nitrogen and oxygen atoms in total.